The Balaban J connectivity index is 2.35. The van der Waals surface area contributed by atoms with Gasteiger partial charge in [0.1, 0.15) is 5.82 Å². The number of carbonyl (C=O) groups is 2. The van der Waals surface area contributed by atoms with Crippen molar-refractivity contribution in [3.8, 4) is 0 Å². The fraction of sp³-hybridized carbons (Fsp3) is 0.545. The van der Waals surface area contributed by atoms with Gasteiger partial charge in [-0.25, -0.2) is 9.78 Å². The van der Waals surface area contributed by atoms with Crippen molar-refractivity contribution < 1.29 is 14.7 Å². The normalized spacial score (nSPS) is 13.7. The molecule has 2 atom stereocenters. The van der Waals surface area contributed by atoms with Gasteiger partial charge in [-0.15, -0.1) is 0 Å². The number of hydrogen-bond donors (Lipinski definition) is 4. The van der Waals surface area contributed by atoms with Crippen LogP contribution in [-0.2, 0) is 4.79 Å². The maximum absolute atomic E-state index is 11.5. The number of aliphatic carboxylic acids is 1. The number of nitrogens with zero attached hydrogens (tertiary/aromatic N) is 1. The lowest BCUT2D eigenvalue weighted by molar-refractivity contribution is -0.141. The van der Waals surface area contributed by atoms with Crippen LogP contribution in [0.3, 0.4) is 0 Å². The zero-order valence-corrected chi connectivity index (χ0v) is 10.4. The van der Waals surface area contributed by atoms with Gasteiger partial charge in [0.05, 0.1) is 12.0 Å². The first kappa shape index (κ1) is 14.0. The second-order valence-electron chi connectivity index (χ2n) is 3.99. The number of amides is 2. The Labute approximate surface area is 105 Å². The van der Waals surface area contributed by atoms with Crippen LogP contribution in [0.5, 0.6) is 0 Å². The fourth-order valence-electron chi connectivity index (χ4n) is 1.45. The van der Waals surface area contributed by atoms with Gasteiger partial charge in [0, 0.05) is 18.9 Å². The Bertz CT molecular complexity index is 391. The van der Waals surface area contributed by atoms with E-state index in [9.17, 15) is 9.59 Å². The predicted molar refractivity (Wildman–Crippen MR) is 65.0 cm³/mol. The summed E-state index contributed by atoms with van der Waals surface area (Å²) in [6.45, 7) is 3.67. The van der Waals surface area contributed by atoms with E-state index in [1.165, 1.54) is 0 Å². The number of carboxylic acid groups (broad SMARTS) is 1. The average Bonchev–Trinajstić information content (AvgIpc) is 2.82. The Hall–Kier alpha value is -2.05. The van der Waals surface area contributed by atoms with E-state index in [1.807, 2.05) is 0 Å². The number of aromatic amines is 1. The molecule has 1 aromatic heterocycles. The molecule has 0 saturated heterocycles. The molecule has 7 nitrogen and oxygen atoms in total. The number of nitrogens with one attached hydrogen (secondary N) is 3. The van der Waals surface area contributed by atoms with Crippen molar-refractivity contribution in [3.63, 3.8) is 0 Å². The Morgan fingerprint density at radius 1 is 1.56 bits per heavy atom. The van der Waals surface area contributed by atoms with Crippen molar-refractivity contribution in [1.29, 1.82) is 0 Å². The van der Waals surface area contributed by atoms with Crippen LogP contribution < -0.4 is 10.6 Å². The number of carboxylic acids is 1. The molecular formula is C11H18N4O3. The van der Waals surface area contributed by atoms with E-state index in [2.05, 4.69) is 20.6 Å². The topological polar surface area (TPSA) is 107 Å². The van der Waals surface area contributed by atoms with Gasteiger partial charge in [-0.3, -0.25) is 4.79 Å². The van der Waals surface area contributed by atoms with Crippen LogP contribution in [0.2, 0.25) is 0 Å². The Morgan fingerprint density at radius 2 is 2.28 bits per heavy atom. The highest BCUT2D eigenvalue weighted by atomic mass is 16.4. The molecular weight excluding hydrogens is 236 g/mol. The number of aromatic nitrogens is 2. The first-order chi connectivity index (χ1) is 8.54. The zero-order valence-electron chi connectivity index (χ0n) is 10.4. The summed E-state index contributed by atoms with van der Waals surface area (Å²) in [5.41, 5.74) is 0. The van der Waals surface area contributed by atoms with Crippen LogP contribution >= 0.6 is 0 Å². The van der Waals surface area contributed by atoms with E-state index in [0.717, 1.165) is 0 Å². The molecule has 0 aliphatic rings. The third-order valence-electron chi connectivity index (χ3n) is 2.63. The molecule has 0 aromatic carbocycles. The first-order valence-electron chi connectivity index (χ1n) is 5.81. The molecule has 0 aliphatic carbocycles. The number of rotatable bonds is 6. The molecule has 0 fully saturated rings. The molecule has 2 amide bonds. The summed E-state index contributed by atoms with van der Waals surface area (Å²) in [6.07, 6.45) is 3.75. The molecule has 4 N–H and O–H groups in total. The summed E-state index contributed by atoms with van der Waals surface area (Å²) in [7, 11) is 0. The third kappa shape index (κ3) is 4.08. The Morgan fingerprint density at radius 3 is 2.78 bits per heavy atom. The van der Waals surface area contributed by atoms with E-state index < -0.39 is 17.9 Å². The van der Waals surface area contributed by atoms with Gasteiger partial charge in [0.2, 0.25) is 0 Å². The molecule has 0 bridgehead atoms. The number of hydrogen-bond acceptors (Lipinski definition) is 3. The third-order valence-corrected chi connectivity index (χ3v) is 2.63. The van der Waals surface area contributed by atoms with Crippen molar-refractivity contribution in [2.45, 2.75) is 26.3 Å². The van der Waals surface area contributed by atoms with Crippen molar-refractivity contribution in [2.24, 2.45) is 5.92 Å². The monoisotopic (exact) mass is 254 g/mol. The minimum absolute atomic E-state index is 0.114. The van der Waals surface area contributed by atoms with Crippen molar-refractivity contribution in [1.82, 2.24) is 20.6 Å². The van der Waals surface area contributed by atoms with E-state index in [-0.39, 0.29) is 12.6 Å². The largest absolute Gasteiger partial charge is 0.481 e. The van der Waals surface area contributed by atoms with Crippen LogP contribution in [0.15, 0.2) is 12.4 Å². The molecule has 18 heavy (non-hydrogen) atoms. The minimum atomic E-state index is -0.906. The molecule has 7 heteroatoms. The van der Waals surface area contributed by atoms with E-state index in [0.29, 0.717) is 12.2 Å². The van der Waals surface area contributed by atoms with Gasteiger partial charge in [0.15, 0.2) is 0 Å². The van der Waals surface area contributed by atoms with Gasteiger partial charge in [0.25, 0.3) is 0 Å². The highest BCUT2D eigenvalue weighted by Gasteiger charge is 2.17. The number of imidazole rings is 1. The van der Waals surface area contributed by atoms with Gasteiger partial charge >= 0.3 is 12.0 Å². The number of carbonyl (C=O) groups excluding carboxylic acids is 1. The molecule has 1 heterocycles. The van der Waals surface area contributed by atoms with Crippen LogP contribution in [0.25, 0.3) is 0 Å². The summed E-state index contributed by atoms with van der Waals surface area (Å²) < 4.78 is 0. The fourth-order valence-corrected chi connectivity index (χ4v) is 1.45. The number of H-pyrrole nitrogens is 1. The van der Waals surface area contributed by atoms with Crippen LogP contribution in [0, 0.1) is 5.92 Å². The summed E-state index contributed by atoms with van der Waals surface area (Å²) >= 11 is 0. The van der Waals surface area contributed by atoms with Crippen LogP contribution in [0.1, 0.15) is 32.1 Å². The maximum atomic E-state index is 11.5. The molecule has 0 radical (unpaired) electrons. The summed E-state index contributed by atoms with van der Waals surface area (Å²) in [5.74, 6) is -0.818. The lowest BCUT2D eigenvalue weighted by Crippen LogP contribution is -2.41. The van der Waals surface area contributed by atoms with Crippen molar-refractivity contribution in [2.75, 3.05) is 6.54 Å². The van der Waals surface area contributed by atoms with Crippen molar-refractivity contribution in [3.05, 3.63) is 18.2 Å². The summed E-state index contributed by atoms with van der Waals surface area (Å²) in [5, 5.41) is 14.0. The molecule has 0 saturated carbocycles. The predicted octanol–water partition coefficient (Wildman–Crippen LogP) is 0.881. The first-order valence-corrected chi connectivity index (χ1v) is 5.81. The molecule has 0 aliphatic heterocycles. The second kappa shape index (κ2) is 6.63. The van der Waals surface area contributed by atoms with E-state index in [4.69, 9.17) is 5.11 Å². The minimum Gasteiger partial charge on any atom is -0.481 e. The van der Waals surface area contributed by atoms with Gasteiger partial charge < -0.3 is 20.7 Å². The average molecular weight is 254 g/mol. The van der Waals surface area contributed by atoms with Crippen LogP contribution in [0.4, 0.5) is 4.79 Å². The lowest BCUT2D eigenvalue weighted by Gasteiger charge is -2.14. The lowest BCUT2D eigenvalue weighted by atomic mass is 10.1. The standard InChI is InChI=1S/C11H18N4O3/c1-3-8(10(16)17)6-14-11(18)15-7(2)9-12-4-5-13-9/h4-5,7-8H,3,6H2,1-2H3,(H,12,13)(H,16,17)(H2,14,15,18). The molecule has 1 rings (SSSR count). The Kier molecular flexibility index (Phi) is 5.16. The molecule has 2 unspecified atom stereocenters. The SMILES string of the molecule is CCC(CNC(=O)NC(C)c1ncc[nH]1)C(=O)O. The second-order valence-corrected chi connectivity index (χ2v) is 3.99. The quantitative estimate of drug-likeness (QED) is 0.604. The highest BCUT2D eigenvalue weighted by Crippen LogP contribution is 2.05. The molecule has 1 aromatic rings. The van der Waals surface area contributed by atoms with Crippen molar-refractivity contribution >= 4 is 12.0 Å². The molecule has 0 spiro atoms. The van der Waals surface area contributed by atoms with E-state index in [1.54, 1.807) is 26.2 Å². The van der Waals surface area contributed by atoms with Gasteiger partial charge in [-0.05, 0) is 13.3 Å². The highest BCUT2D eigenvalue weighted by molar-refractivity contribution is 5.76. The summed E-state index contributed by atoms with van der Waals surface area (Å²) in [4.78, 5) is 29.2. The zero-order chi connectivity index (χ0) is 13.5. The number of urea groups is 1. The van der Waals surface area contributed by atoms with Crippen LogP contribution in [-0.4, -0.2) is 33.6 Å². The van der Waals surface area contributed by atoms with Gasteiger partial charge in [-0.1, -0.05) is 6.92 Å². The van der Waals surface area contributed by atoms with E-state index >= 15 is 0 Å². The summed E-state index contributed by atoms with van der Waals surface area (Å²) in [6, 6.07) is -0.663. The van der Waals surface area contributed by atoms with Gasteiger partial charge in [-0.2, -0.15) is 0 Å². The smallest absolute Gasteiger partial charge is 0.315 e. The molecule has 100 valence electrons. The maximum Gasteiger partial charge on any atom is 0.315 e.